The quantitative estimate of drug-likeness (QED) is 0.659. The van der Waals surface area contributed by atoms with Crippen LogP contribution in [0.15, 0.2) is 30.5 Å². The number of hydrogen-bond acceptors (Lipinski definition) is 4. The van der Waals surface area contributed by atoms with Crippen molar-refractivity contribution < 1.29 is 9.53 Å². The molecule has 0 saturated carbocycles. The fourth-order valence-electron chi connectivity index (χ4n) is 1.72. The fraction of sp³-hybridized carbons (Fsp3) is 0.231. The Morgan fingerprint density at radius 1 is 1.44 bits per heavy atom. The first kappa shape index (κ1) is 12.2. The molecule has 0 radical (unpaired) electrons. The molecule has 0 atom stereocenters. The van der Waals surface area contributed by atoms with Crippen molar-refractivity contribution >= 4 is 11.7 Å². The molecule has 0 aliphatic carbocycles. The van der Waals surface area contributed by atoms with Crippen molar-refractivity contribution in [3.8, 4) is 0 Å². The van der Waals surface area contributed by atoms with E-state index in [9.17, 15) is 4.79 Å². The monoisotopic (exact) mass is 245 g/mol. The molecule has 94 valence electrons. The van der Waals surface area contributed by atoms with Crippen LogP contribution in [0.2, 0.25) is 0 Å². The summed E-state index contributed by atoms with van der Waals surface area (Å²) >= 11 is 0. The zero-order valence-electron chi connectivity index (χ0n) is 10.4. The van der Waals surface area contributed by atoms with Gasteiger partial charge in [-0.1, -0.05) is 12.1 Å². The summed E-state index contributed by atoms with van der Waals surface area (Å²) in [6.45, 7) is 1.97. The predicted octanol–water partition coefficient (Wildman–Crippen LogP) is 1.67. The van der Waals surface area contributed by atoms with E-state index in [1.54, 1.807) is 29.1 Å². The first-order valence-corrected chi connectivity index (χ1v) is 5.58. The van der Waals surface area contributed by atoms with Crippen molar-refractivity contribution in [3.63, 3.8) is 0 Å². The molecule has 0 unspecified atom stereocenters. The van der Waals surface area contributed by atoms with Crippen molar-refractivity contribution in [2.45, 2.75) is 13.5 Å². The number of nitrogens with zero attached hydrogens (tertiary/aromatic N) is 2. The van der Waals surface area contributed by atoms with Crippen LogP contribution in [-0.4, -0.2) is 15.7 Å². The number of aryl methyl sites for hydroxylation is 2. The third kappa shape index (κ3) is 2.51. The number of nitrogens with two attached hydrogens (primary N) is 1. The Morgan fingerprint density at radius 3 is 2.83 bits per heavy atom. The second-order valence-corrected chi connectivity index (χ2v) is 4.10. The SMILES string of the molecule is Cc1cccc(N)c1C(=O)OCc1ccn(C)n1. The van der Waals surface area contributed by atoms with Crippen LogP contribution < -0.4 is 5.73 Å². The Hall–Kier alpha value is -2.30. The molecule has 0 amide bonds. The van der Waals surface area contributed by atoms with Gasteiger partial charge in [0.15, 0.2) is 0 Å². The Morgan fingerprint density at radius 2 is 2.22 bits per heavy atom. The highest BCUT2D eigenvalue weighted by molar-refractivity contribution is 5.96. The molecule has 0 aliphatic rings. The lowest BCUT2D eigenvalue weighted by atomic mass is 10.1. The van der Waals surface area contributed by atoms with Crippen LogP contribution in [0.25, 0.3) is 0 Å². The minimum atomic E-state index is -0.420. The average molecular weight is 245 g/mol. The highest BCUT2D eigenvalue weighted by Gasteiger charge is 2.14. The molecule has 2 N–H and O–H groups in total. The third-order valence-electron chi connectivity index (χ3n) is 2.63. The molecule has 1 heterocycles. The molecule has 2 rings (SSSR count). The summed E-state index contributed by atoms with van der Waals surface area (Å²) in [7, 11) is 1.81. The van der Waals surface area contributed by atoms with Gasteiger partial charge in [0.2, 0.25) is 0 Å². The summed E-state index contributed by atoms with van der Waals surface area (Å²) in [4.78, 5) is 11.9. The zero-order valence-corrected chi connectivity index (χ0v) is 10.4. The van der Waals surface area contributed by atoms with Crippen LogP contribution in [0.3, 0.4) is 0 Å². The van der Waals surface area contributed by atoms with Gasteiger partial charge in [-0.15, -0.1) is 0 Å². The number of ether oxygens (including phenoxy) is 1. The predicted molar refractivity (Wildman–Crippen MR) is 67.9 cm³/mol. The Bertz CT molecular complexity index is 555. The van der Waals surface area contributed by atoms with Crippen LogP contribution in [0, 0.1) is 6.92 Å². The minimum absolute atomic E-state index is 0.146. The first-order valence-electron chi connectivity index (χ1n) is 5.58. The van der Waals surface area contributed by atoms with E-state index in [0.717, 1.165) is 5.56 Å². The largest absolute Gasteiger partial charge is 0.455 e. The smallest absolute Gasteiger partial charge is 0.340 e. The van der Waals surface area contributed by atoms with Gasteiger partial charge in [-0.2, -0.15) is 5.10 Å². The maximum absolute atomic E-state index is 11.9. The van der Waals surface area contributed by atoms with E-state index >= 15 is 0 Å². The van der Waals surface area contributed by atoms with E-state index in [0.29, 0.717) is 16.9 Å². The Labute approximate surface area is 105 Å². The number of benzene rings is 1. The maximum Gasteiger partial charge on any atom is 0.340 e. The van der Waals surface area contributed by atoms with E-state index < -0.39 is 5.97 Å². The van der Waals surface area contributed by atoms with Crippen LogP contribution in [-0.2, 0) is 18.4 Å². The second kappa shape index (κ2) is 4.91. The topological polar surface area (TPSA) is 70.1 Å². The summed E-state index contributed by atoms with van der Waals surface area (Å²) < 4.78 is 6.85. The standard InChI is InChI=1S/C13H15N3O2/c1-9-4-3-5-11(14)12(9)13(17)18-8-10-6-7-16(2)15-10/h3-7H,8,14H2,1-2H3. The number of nitrogen functional groups attached to an aromatic ring is 1. The molecule has 2 aromatic rings. The van der Waals surface area contributed by atoms with E-state index in [-0.39, 0.29) is 6.61 Å². The number of hydrogen-bond donors (Lipinski definition) is 1. The number of carbonyl (C=O) groups excluding carboxylic acids is 1. The summed E-state index contributed by atoms with van der Waals surface area (Å²) in [6.07, 6.45) is 1.80. The number of carbonyl (C=O) groups is 1. The lowest BCUT2D eigenvalue weighted by molar-refractivity contribution is 0.0467. The van der Waals surface area contributed by atoms with Gasteiger partial charge in [0, 0.05) is 18.9 Å². The summed E-state index contributed by atoms with van der Waals surface area (Å²) in [5.74, 6) is -0.420. The van der Waals surface area contributed by atoms with Crippen molar-refractivity contribution in [2.75, 3.05) is 5.73 Å². The summed E-state index contributed by atoms with van der Waals surface area (Å²) in [6, 6.07) is 7.12. The number of rotatable bonds is 3. The maximum atomic E-state index is 11.9. The van der Waals surface area contributed by atoms with Gasteiger partial charge in [0.25, 0.3) is 0 Å². The zero-order chi connectivity index (χ0) is 13.1. The van der Waals surface area contributed by atoms with E-state index in [2.05, 4.69) is 5.10 Å². The molecule has 0 aliphatic heterocycles. The molecule has 0 fully saturated rings. The highest BCUT2D eigenvalue weighted by Crippen LogP contribution is 2.17. The molecule has 1 aromatic heterocycles. The Balaban J connectivity index is 2.08. The van der Waals surface area contributed by atoms with Crippen LogP contribution >= 0.6 is 0 Å². The molecule has 0 bridgehead atoms. The molecule has 5 heteroatoms. The molecule has 0 spiro atoms. The van der Waals surface area contributed by atoms with Crippen LogP contribution in [0.1, 0.15) is 21.6 Å². The van der Waals surface area contributed by atoms with Gasteiger partial charge in [-0.25, -0.2) is 4.79 Å². The number of anilines is 1. The molecular weight excluding hydrogens is 230 g/mol. The van der Waals surface area contributed by atoms with Gasteiger partial charge < -0.3 is 10.5 Å². The second-order valence-electron chi connectivity index (χ2n) is 4.10. The van der Waals surface area contributed by atoms with Crippen LogP contribution in [0.5, 0.6) is 0 Å². The summed E-state index contributed by atoms with van der Waals surface area (Å²) in [5, 5.41) is 4.13. The van der Waals surface area contributed by atoms with E-state index in [4.69, 9.17) is 10.5 Å². The van der Waals surface area contributed by atoms with E-state index in [1.807, 2.05) is 20.0 Å². The molecule has 0 saturated heterocycles. The van der Waals surface area contributed by atoms with Crippen molar-refractivity contribution in [1.29, 1.82) is 0 Å². The van der Waals surface area contributed by atoms with Gasteiger partial charge in [0.05, 0.1) is 11.3 Å². The minimum Gasteiger partial charge on any atom is -0.455 e. The Kier molecular flexibility index (Phi) is 3.32. The van der Waals surface area contributed by atoms with Crippen LogP contribution in [0.4, 0.5) is 5.69 Å². The fourth-order valence-corrected chi connectivity index (χ4v) is 1.72. The van der Waals surface area contributed by atoms with Gasteiger partial charge in [-0.3, -0.25) is 4.68 Å². The van der Waals surface area contributed by atoms with Gasteiger partial charge in [0.1, 0.15) is 6.61 Å². The number of aromatic nitrogens is 2. The molecular formula is C13H15N3O2. The normalized spacial score (nSPS) is 10.3. The van der Waals surface area contributed by atoms with Gasteiger partial charge >= 0.3 is 5.97 Å². The lowest BCUT2D eigenvalue weighted by Crippen LogP contribution is -2.10. The van der Waals surface area contributed by atoms with Gasteiger partial charge in [-0.05, 0) is 24.6 Å². The third-order valence-corrected chi connectivity index (χ3v) is 2.63. The first-order chi connectivity index (χ1) is 8.58. The molecule has 18 heavy (non-hydrogen) atoms. The average Bonchev–Trinajstić information content (AvgIpc) is 2.72. The van der Waals surface area contributed by atoms with Crippen molar-refractivity contribution in [2.24, 2.45) is 7.05 Å². The molecule has 1 aromatic carbocycles. The molecule has 5 nitrogen and oxygen atoms in total. The van der Waals surface area contributed by atoms with E-state index in [1.165, 1.54) is 0 Å². The summed E-state index contributed by atoms with van der Waals surface area (Å²) in [5.41, 5.74) is 8.14. The van der Waals surface area contributed by atoms with Crippen molar-refractivity contribution in [1.82, 2.24) is 9.78 Å². The number of esters is 1. The van der Waals surface area contributed by atoms with Crippen molar-refractivity contribution in [3.05, 3.63) is 47.3 Å². The highest BCUT2D eigenvalue weighted by atomic mass is 16.5. The lowest BCUT2D eigenvalue weighted by Gasteiger charge is -2.08.